The normalized spacial score (nSPS) is 19.8. The van der Waals surface area contributed by atoms with Crippen molar-refractivity contribution in [2.45, 2.75) is 31.3 Å². The fraction of sp³-hybridized carbons (Fsp3) is 0.382. The lowest BCUT2D eigenvalue weighted by Crippen LogP contribution is -2.49. The topological polar surface area (TPSA) is 94.7 Å². The SMILES string of the molecule is COc1cc(NC(=O)c2ccccc2Cl)ccc1C(=O)N1CCCC(CC(=O)N2CCN(CC3CO3)CC2)c2cc(Cl)ccc21. The van der Waals surface area contributed by atoms with Gasteiger partial charge >= 0.3 is 0 Å². The van der Waals surface area contributed by atoms with Gasteiger partial charge in [0.15, 0.2) is 0 Å². The molecular weight excluding hydrogens is 615 g/mol. The Kier molecular flexibility index (Phi) is 9.61. The van der Waals surface area contributed by atoms with Gasteiger partial charge < -0.3 is 24.6 Å². The minimum absolute atomic E-state index is 0.0637. The number of nitrogens with zero attached hydrogens (tertiary/aromatic N) is 3. The number of carbonyl (C=O) groups is 3. The Hall–Kier alpha value is -3.63. The third kappa shape index (κ3) is 7.28. The maximum absolute atomic E-state index is 14.1. The number of amides is 3. The molecule has 3 aromatic rings. The lowest BCUT2D eigenvalue weighted by atomic mass is 9.90. The van der Waals surface area contributed by atoms with Crippen molar-refractivity contribution in [2.24, 2.45) is 0 Å². The van der Waals surface area contributed by atoms with Gasteiger partial charge in [-0.05, 0) is 66.8 Å². The molecule has 0 saturated carbocycles. The fourth-order valence-corrected chi connectivity index (χ4v) is 6.61. The molecule has 2 saturated heterocycles. The van der Waals surface area contributed by atoms with Gasteiger partial charge in [-0.2, -0.15) is 0 Å². The first-order valence-corrected chi connectivity index (χ1v) is 16.0. The molecule has 0 aromatic heterocycles. The molecule has 3 amide bonds. The van der Waals surface area contributed by atoms with Gasteiger partial charge in [-0.25, -0.2) is 0 Å². The highest BCUT2D eigenvalue weighted by molar-refractivity contribution is 6.34. The highest BCUT2D eigenvalue weighted by atomic mass is 35.5. The number of halogens is 2. The first kappa shape index (κ1) is 31.4. The average molecular weight is 652 g/mol. The zero-order chi connectivity index (χ0) is 31.5. The minimum atomic E-state index is -0.365. The Morgan fingerprint density at radius 1 is 0.956 bits per heavy atom. The van der Waals surface area contributed by atoms with Crippen LogP contribution in [0, 0.1) is 0 Å². The number of fused-ring (bicyclic) bond motifs is 1. The number of epoxide rings is 1. The Morgan fingerprint density at radius 2 is 1.73 bits per heavy atom. The number of nitrogens with one attached hydrogen (secondary N) is 1. The zero-order valence-corrected chi connectivity index (χ0v) is 26.6. The summed E-state index contributed by atoms with van der Waals surface area (Å²) in [7, 11) is 1.49. The molecule has 2 fully saturated rings. The largest absolute Gasteiger partial charge is 0.496 e. The van der Waals surface area contributed by atoms with E-state index in [-0.39, 0.29) is 23.6 Å². The van der Waals surface area contributed by atoms with Crippen LogP contribution >= 0.6 is 23.2 Å². The third-order valence-electron chi connectivity index (χ3n) is 8.72. The molecule has 3 aromatic carbocycles. The lowest BCUT2D eigenvalue weighted by Gasteiger charge is -2.35. The molecule has 6 rings (SSSR count). The van der Waals surface area contributed by atoms with E-state index in [1.54, 1.807) is 53.4 Å². The number of rotatable bonds is 8. The molecule has 3 heterocycles. The van der Waals surface area contributed by atoms with Gasteiger partial charge in [0.2, 0.25) is 5.91 Å². The number of methoxy groups -OCH3 is 1. The van der Waals surface area contributed by atoms with Gasteiger partial charge in [0, 0.05) is 68.2 Å². The van der Waals surface area contributed by atoms with Crippen LogP contribution in [0.5, 0.6) is 5.75 Å². The van der Waals surface area contributed by atoms with E-state index in [0.717, 1.165) is 50.3 Å². The van der Waals surface area contributed by atoms with Crippen molar-refractivity contribution in [1.82, 2.24) is 9.80 Å². The number of hydrogen-bond acceptors (Lipinski definition) is 6. The molecule has 0 bridgehead atoms. The molecule has 2 unspecified atom stereocenters. The Bertz CT molecular complexity index is 1590. The second-order valence-electron chi connectivity index (χ2n) is 11.7. The first-order valence-electron chi connectivity index (χ1n) is 15.3. The molecule has 0 spiro atoms. The summed E-state index contributed by atoms with van der Waals surface area (Å²) in [6.45, 7) is 5.37. The van der Waals surface area contributed by atoms with Crippen LogP contribution in [0.3, 0.4) is 0 Å². The Balaban J connectivity index is 1.18. The predicted octanol–water partition coefficient (Wildman–Crippen LogP) is 5.71. The van der Waals surface area contributed by atoms with E-state index >= 15 is 0 Å². The number of benzene rings is 3. The van der Waals surface area contributed by atoms with Crippen LogP contribution in [-0.2, 0) is 9.53 Å². The van der Waals surface area contributed by atoms with E-state index in [2.05, 4.69) is 10.2 Å². The maximum Gasteiger partial charge on any atom is 0.262 e. The summed E-state index contributed by atoms with van der Waals surface area (Å²) >= 11 is 12.7. The van der Waals surface area contributed by atoms with Gasteiger partial charge in [0.25, 0.3) is 11.8 Å². The van der Waals surface area contributed by atoms with E-state index < -0.39 is 0 Å². The van der Waals surface area contributed by atoms with Crippen molar-refractivity contribution < 1.29 is 23.9 Å². The van der Waals surface area contributed by atoms with Gasteiger partial charge in [0.1, 0.15) is 5.75 Å². The van der Waals surface area contributed by atoms with Crippen LogP contribution in [0.1, 0.15) is 51.5 Å². The molecule has 0 radical (unpaired) electrons. The van der Waals surface area contributed by atoms with Crippen molar-refractivity contribution in [3.8, 4) is 5.75 Å². The van der Waals surface area contributed by atoms with Crippen LogP contribution in [0.2, 0.25) is 10.0 Å². The van der Waals surface area contributed by atoms with E-state index in [0.29, 0.717) is 64.8 Å². The fourth-order valence-electron chi connectivity index (χ4n) is 6.21. The number of piperazine rings is 1. The Morgan fingerprint density at radius 3 is 2.47 bits per heavy atom. The highest BCUT2D eigenvalue weighted by Gasteiger charge is 2.33. The number of carbonyl (C=O) groups excluding carboxylic acids is 3. The van der Waals surface area contributed by atoms with E-state index in [9.17, 15) is 14.4 Å². The molecular formula is C34H36Cl2N4O5. The molecule has 11 heteroatoms. The van der Waals surface area contributed by atoms with Crippen LogP contribution in [0.25, 0.3) is 0 Å². The third-order valence-corrected chi connectivity index (χ3v) is 9.28. The molecule has 236 valence electrons. The van der Waals surface area contributed by atoms with Crippen molar-refractivity contribution in [2.75, 3.05) is 63.2 Å². The highest BCUT2D eigenvalue weighted by Crippen LogP contribution is 2.40. The summed E-state index contributed by atoms with van der Waals surface area (Å²) in [5.74, 6) is -0.205. The second-order valence-corrected chi connectivity index (χ2v) is 12.5. The van der Waals surface area contributed by atoms with Crippen molar-refractivity contribution in [1.29, 1.82) is 0 Å². The predicted molar refractivity (Wildman–Crippen MR) is 175 cm³/mol. The molecule has 2 atom stereocenters. The van der Waals surface area contributed by atoms with E-state index in [1.807, 2.05) is 17.0 Å². The minimum Gasteiger partial charge on any atom is -0.496 e. The quantitative estimate of drug-likeness (QED) is 0.314. The maximum atomic E-state index is 14.1. The lowest BCUT2D eigenvalue weighted by molar-refractivity contribution is -0.133. The Labute approximate surface area is 273 Å². The summed E-state index contributed by atoms with van der Waals surface area (Å²) < 4.78 is 11.0. The van der Waals surface area contributed by atoms with Crippen molar-refractivity contribution in [3.63, 3.8) is 0 Å². The van der Waals surface area contributed by atoms with Crippen LogP contribution in [-0.4, -0.2) is 86.6 Å². The van der Waals surface area contributed by atoms with Gasteiger partial charge in [-0.15, -0.1) is 0 Å². The zero-order valence-electron chi connectivity index (χ0n) is 25.1. The monoisotopic (exact) mass is 650 g/mol. The summed E-state index contributed by atoms with van der Waals surface area (Å²) in [6.07, 6.45) is 2.19. The van der Waals surface area contributed by atoms with Crippen LogP contribution in [0.4, 0.5) is 11.4 Å². The first-order chi connectivity index (χ1) is 21.8. The van der Waals surface area contributed by atoms with Gasteiger partial charge in [-0.3, -0.25) is 19.3 Å². The van der Waals surface area contributed by atoms with Crippen LogP contribution in [0.15, 0.2) is 60.7 Å². The standard InChI is InChI=1S/C34H36Cl2N4O5/c1-44-31-19-24(37-33(42)26-6-2-3-7-29(26)36)9-10-27(31)34(43)40-12-4-5-22(28-18-23(35)8-11-30(28)40)17-32(41)39-15-13-38(14-16-39)20-25-21-45-25/h2-3,6-11,18-19,22,25H,4-5,12-17,20-21H2,1H3,(H,37,42). The number of anilines is 2. The van der Waals surface area contributed by atoms with Crippen molar-refractivity contribution >= 4 is 52.3 Å². The summed E-state index contributed by atoms with van der Waals surface area (Å²) in [5, 5.41) is 3.73. The van der Waals surface area contributed by atoms with Gasteiger partial charge in [-0.1, -0.05) is 35.3 Å². The molecule has 45 heavy (non-hydrogen) atoms. The molecule has 9 nitrogen and oxygen atoms in total. The molecule has 1 N–H and O–H groups in total. The number of hydrogen-bond donors (Lipinski definition) is 1. The molecule has 3 aliphatic heterocycles. The summed E-state index contributed by atoms with van der Waals surface area (Å²) in [4.78, 5) is 46.4. The van der Waals surface area contributed by atoms with E-state index in [4.69, 9.17) is 32.7 Å². The average Bonchev–Trinajstić information content (AvgIpc) is 3.88. The summed E-state index contributed by atoms with van der Waals surface area (Å²) in [5.41, 5.74) is 2.81. The summed E-state index contributed by atoms with van der Waals surface area (Å²) in [6, 6.07) is 17.3. The van der Waals surface area contributed by atoms with Crippen molar-refractivity contribution in [3.05, 3.63) is 87.4 Å². The van der Waals surface area contributed by atoms with E-state index in [1.165, 1.54) is 7.11 Å². The smallest absolute Gasteiger partial charge is 0.262 e. The second kappa shape index (κ2) is 13.8. The van der Waals surface area contributed by atoms with Gasteiger partial charge in [0.05, 0.1) is 36.0 Å². The number of ether oxygens (including phenoxy) is 2. The molecule has 0 aliphatic carbocycles. The molecule has 3 aliphatic rings. The van der Waals surface area contributed by atoms with Crippen LogP contribution < -0.4 is 15.0 Å².